The summed E-state index contributed by atoms with van der Waals surface area (Å²) in [7, 11) is 0. The molecule has 0 spiro atoms. The van der Waals surface area contributed by atoms with E-state index < -0.39 is 0 Å². The highest BCUT2D eigenvalue weighted by Crippen LogP contribution is 1.50. The van der Waals surface area contributed by atoms with Gasteiger partial charge < -0.3 is 20.8 Å². The van der Waals surface area contributed by atoms with Crippen molar-refractivity contribution in [3.05, 3.63) is 0 Å². The molecule has 0 unspecified atom stereocenters. The molecule has 0 heterocycles. The van der Waals surface area contributed by atoms with Crippen LogP contribution in [0.1, 0.15) is 34.6 Å². The minimum absolute atomic E-state index is 0. The van der Waals surface area contributed by atoms with Crippen molar-refractivity contribution in [1.82, 2.24) is 6.15 Å². The van der Waals surface area contributed by atoms with Crippen LogP contribution >= 0.6 is 0 Å². The number of aliphatic hydroxyl groups is 1. The molecule has 0 fully saturated rings. The molecule has 0 atom stereocenters. The number of aliphatic hydroxyl groups excluding tert-OH is 1. The van der Waals surface area contributed by atoms with Gasteiger partial charge in [0, 0.05) is 6.61 Å². The van der Waals surface area contributed by atoms with Gasteiger partial charge in [-0.05, 0) is 34.6 Å². The van der Waals surface area contributed by atoms with Gasteiger partial charge in [0.2, 0.25) is 0 Å². The standard InChI is InChI=1S/2C3H6O.C2H6O.H3N/c2*1-3(2)4;1-2-3;/h2*1-2H3;3H,2H2,1H3;1H3. The maximum atomic E-state index is 9.44. The second kappa shape index (κ2) is 22.5. The molecule has 76 valence electrons. The first-order valence-corrected chi connectivity index (χ1v) is 3.43. The summed E-state index contributed by atoms with van der Waals surface area (Å²) < 4.78 is 0. The van der Waals surface area contributed by atoms with Crippen LogP contribution in [-0.2, 0) is 9.59 Å². The Morgan fingerprint density at radius 2 is 1.00 bits per heavy atom. The third-order valence-corrected chi connectivity index (χ3v) is 0. The van der Waals surface area contributed by atoms with Crippen molar-refractivity contribution < 1.29 is 14.7 Å². The van der Waals surface area contributed by atoms with E-state index in [0.29, 0.717) is 0 Å². The van der Waals surface area contributed by atoms with Crippen LogP contribution < -0.4 is 6.15 Å². The monoisotopic (exact) mass is 179 g/mol. The molecule has 4 nitrogen and oxygen atoms in total. The topological polar surface area (TPSA) is 89.4 Å². The zero-order chi connectivity index (χ0) is 9.86. The Morgan fingerprint density at radius 1 is 1.00 bits per heavy atom. The summed E-state index contributed by atoms with van der Waals surface area (Å²) in [5.41, 5.74) is 0. The van der Waals surface area contributed by atoms with Gasteiger partial charge in [0.25, 0.3) is 0 Å². The van der Waals surface area contributed by atoms with Crippen LogP contribution in [0.15, 0.2) is 0 Å². The largest absolute Gasteiger partial charge is 0.397 e. The van der Waals surface area contributed by atoms with Gasteiger partial charge >= 0.3 is 0 Å². The van der Waals surface area contributed by atoms with Crippen LogP contribution in [0.3, 0.4) is 0 Å². The molecular formula is C8H21NO3. The van der Waals surface area contributed by atoms with Crippen LogP contribution in [0.25, 0.3) is 0 Å². The average Bonchev–Trinajstić information content (AvgIpc) is 1.60. The molecule has 0 aliphatic carbocycles. The van der Waals surface area contributed by atoms with Crippen LogP contribution in [0, 0.1) is 0 Å². The number of carbonyl (C=O) groups is 2. The molecular weight excluding hydrogens is 158 g/mol. The van der Waals surface area contributed by atoms with Crippen molar-refractivity contribution in [2.75, 3.05) is 6.61 Å². The predicted octanol–water partition coefficient (Wildman–Crippen LogP) is 1.35. The van der Waals surface area contributed by atoms with E-state index >= 15 is 0 Å². The van der Waals surface area contributed by atoms with Gasteiger partial charge in [-0.15, -0.1) is 0 Å². The van der Waals surface area contributed by atoms with E-state index in [2.05, 4.69) is 0 Å². The summed E-state index contributed by atoms with van der Waals surface area (Å²) in [6, 6.07) is 0. The van der Waals surface area contributed by atoms with Crippen LogP contribution in [0.4, 0.5) is 0 Å². The van der Waals surface area contributed by atoms with Crippen LogP contribution in [0.2, 0.25) is 0 Å². The van der Waals surface area contributed by atoms with Crippen molar-refractivity contribution >= 4 is 11.6 Å². The molecule has 4 heteroatoms. The summed E-state index contributed by atoms with van der Waals surface area (Å²) in [6.07, 6.45) is 0. The van der Waals surface area contributed by atoms with E-state index in [-0.39, 0.29) is 24.3 Å². The lowest BCUT2D eigenvalue weighted by Gasteiger charge is -1.56. The van der Waals surface area contributed by atoms with Crippen LogP contribution in [0.5, 0.6) is 0 Å². The van der Waals surface area contributed by atoms with Crippen molar-refractivity contribution in [3.63, 3.8) is 0 Å². The maximum Gasteiger partial charge on any atom is 0.126 e. The minimum Gasteiger partial charge on any atom is -0.397 e. The summed E-state index contributed by atoms with van der Waals surface area (Å²) in [4.78, 5) is 18.9. The van der Waals surface area contributed by atoms with Gasteiger partial charge in [-0.25, -0.2) is 0 Å². The zero-order valence-electron chi connectivity index (χ0n) is 8.68. The van der Waals surface area contributed by atoms with E-state index in [1.54, 1.807) is 6.92 Å². The van der Waals surface area contributed by atoms with E-state index in [4.69, 9.17) is 5.11 Å². The number of Topliss-reactive ketones (excluding diaryl/α,β-unsaturated/α-hetero) is 2. The van der Waals surface area contributed by atoms with Crippen molar-refractivity contribution in [1.29, 1.82) is 0 Å². The maximum absolute atomic E-state index is 9.44. The molecule has 0 aliphatic rings. The molecule has 4 N–H and O–H groups in total. The Bertz CT molecular complexity index is 82.5. The van der Waals surface area contributed by atoms with Gasteiger partial charge in [0.05, 0.1) is 0 Å². The highest BCUT2D eigenvalue weighted by Gasteiger charge is 1.62. The molecule has 0 aromatic carbocycles. The molecule has 0 bridgehead atoms. The molecule has 0 aromatic rings. The van der Waals surface area contributed by atoms with Crippen molar-refractivity contribution in [2.45, 2.75) is 34.6 Å². The molecule has 12 heavy (non-hydrogen) atoms. The first-order chi connectivity index (χ1) is 4.88. The molecule has 0 radical (unpaired) electrons. The molecule has 0 aliphatic heterocycles. The van der Waals surface area contributed by atoms with Crippen LogP contribution in [-0.4, -0.2) is 23.3 Å². The Labute approximate surface area is 74.6 Å². The average molecular weight is 179 g/mol. The molecule has 0 saturated carbocycles. The van der Waals surface area contributed by atoms with E-state index in [1.807, 2.05) is 0 Å². The molecule has 0 amide bonds. The summed E-state index contributed by atoms with van der Waals surface area (Å²) in [5.74, 6) is 0.333. The number of ketones is 2. The fourth-order valence-electron chi connectivity index (χ4n) is 0. The lowest BCUT2D eigenvalue weighted by molar-refractivity contribution is -0.115. The van der Waals surface area contributed by atoms with E-state index in [0.717, 1.165) is 0 Å². The summed E-state index contributed by atoms with van der Waals surface area (Å²) in [6.45, 7) is 8.04. The van der Waals surface area contributed by atoms with E-state index in [9.17, 15) is 9.59 Å². The second-order valence-corrected chi connectivity index (χ2v) is 2.13. The highest BCUT2D eigenvalue weighted by molar-refractivity contribution is 5.72. The Kier molecular flexibility index (Phi) is 42.1. The first-order valence-electron chi connectivity index (χ1n) is 3.43. The Hall–Kier alpha value is -0.740. The van der Waals surface area contributed by atoms with Gasteiger partial charge in [-0.2, -0.15) is 0 Å². The summed E-state index contributed by atoms with van der Waals surface area (Å²) in [5, 5.41) is 7.57. The fraction of sp³-hybridized carbons (Fsp3) is 0.750. The normalized spacial score (nSPS) is 5.83. The Morgan fingerprint density at radius 3 is 1.00 bits per heavy atom. The predicted molar refractivity (Wildman–Crippen MR) is 50.5 cm³/mol. The smallest absolute Gasteiger partial charge is 0.126 e. The number of rotatable bonds is 0. The summed E-state index contributed by atoms with van der Waals surface area (Å²) >= 11 is 0. The van der Waals surface area contributed by atoms with Gasteiger partial charge in [-0.3, -0.25) is 0 Å². The SMILES string of the molecule is CC(C)=O.CC(C)=O.CCO.N. The minimum atomic E-state index is 0. The number of hydrogen-bond acceptors (Lipinski definition) is 4. The Balaban J connectivity index is -0.0000000389. The zero-order valence-corrected chi connectivity index (χ0v) is 8.68. The number of hydrogen-bond donors (Lipinski definition) is 2. The first kappa shape index (κ1) is 22.5. The lowest BCUT2D eigenvalue weighted by atomic mass is 10.6. The van der Waals surface area contributed by atoms with Crippen molar-refractivity contribution in [3.8, 4) is 0 Å². The second-order valence-electron chi connectivity index (χ2n) is 2.13. The third kappa shape index (κ3) is 1150. The number of carbonyl (C=O) groups excluding carboxylic acids is 2. The van der Waals surface area contributed by atoms with E-state index in [1.165, 1.54) is 27.7 Å². The van der Waals surface area contributed by atoms with Gasteiger partial charge in [0.15, 0.2) is 0 Å². The lowest BCUT2D eigenvalue weighted by Crippen LogP contribution is -1.69. The van der Waals surface area contributed by atoms with Gasteiger partial charge in [-0.1, -0.05) is 0 Å². The van der Waals surface area contributed by atoms with Gasteiger partial charge in [0.1, 0.15) is 11.6 Å². The van der Waals surface area contributed by atoms with Crippen molar-refractivity contribution in [2.24, 2.45) is 0 Å². The molecule has 0 aromatic heterocycles. The third-order valence-electron chi connectivity index (χ3n) is 0. The highest BCUT2D eigenvalue weighted by atomic mass is 16.2. The fourth-order valence-corrected chi connectivity index (χ4v) is 0. The molecule has 0 saturated heterocycles. The quantitative estimate of drug-likeness (QED) is 0.587. The molecule has 0 rings (SSSR count).